The highest BCUT2D eigenvalue weighted by Gasteiger charge is 2.12. The number of hydrogen-bond donors (Lipinski definition) is 1. The SMILES string of the molecule is CNCc1cc(C)ccc1N(CCC(C)C)CCC(C)C. The average Bonchev–Trinajstić information content (AvgIpc) is 2.40. The second kappa shape index (κ2) is 9.09. The Morgan fingerprint density at radius 3 is 2.05 bits per heavy atom. The molecule has 0 atom stereocenters. The van der Waals surface area contributed by atoms with Gasteiger partial charge in [0.1, 0.15) is 0 Å². The number of nitrogens with zero attached hydrogens (tertiary/aromatic N) is 1. The van der Waals surface area contributed by atoms with Crippen LogP contribution in [-0.4, -0.2) is 20.1 Å². The maximum absolute atomic E-state index is 3.31. The summed E-state index contributed by atoms with van der Waals surface area (Å²) in [6.07, 6.45) is 2.51. The van der Waals surface area contributed by atoms with Crippen LogP contribution in [0.5, 0.6) is 0 Å². The Balaban J connectivity index is 2.93. The van der Waals surface area contributed by atoms with Crippen LogP contribution in [0, 0.1) is 18.8 Å². The quantitative estimate of drug-likeness (QED) is 0.714. The fourth-order valence-electron chi connectivity index (χ4n) is 2.54. The molecule has 1 aromatic carbocycles. The van der Waals surface area contributed by atoms with Gasteiger partial charge in [-0.15, -0.1) is 0 Å². The van der Waals surface area contributed by atoms with Gasteiger partial charge in [0.25, 0.3) is 0 Å². The molecule has 120 valence electrons. The molecular weight excluding hydrogens is 256 g/mol. The van der Waals surface area contributed by atoms with Gasteiger partial charge in [-0.25, -0.2) is 0 Å². The monoisotopic (exact) mass is 290 g/mol. The number of hydrogen-bond acceptors (Lipinski definition) is 2. The number of aryl methyl sites for hydroxylation is 1. The van der Waals surface area contributed by atoms with Gasteiger partial charge in [0.05, 0.1) is 0 Å². The van der Waals surface area contributed by atoms with Crippen molar-refractivity contribution in [3.63, 3.8) is 0 Å². The molecule has 2 nitrogen and oxygen atoms in total. The molecule has 0 aliphatic heterocycles. The van der Waals surface area contributed by atoms with Crippen LogP contribution in [0.1, 0.15) is 51.7 Å². The summed E-state index contributed by atoms with van der Waals surface area (Å²) in [5.74, 6) is 1.51. The van der Waals surface area contributed by atoms with E-state index in [1.54, 1.807) is 0 Å². The predicted octanol–water partition coefficient (Wildman–Crippen LogP) is 4.61. The molecule has 0 bridgehead atoms. The number of nitrogens with one attached hydrogen (secondary N) is 1. The van der Waals surface area contributed by atoms with E-state index in [-0.39, 0.29) is 0 Å². The zero-order valence-corrected chi connectivity index (χ0v) is 14.9. The van der Waals surface area contributed by atoms with Crippen LogP contribution in [0.2, 0.25) is 0 Å². The van der Waals surface area contributed by atoms with Crippen molar-refractivity contribution < 1.29 is 0 Å². The van der Waals surface area contributed by atoms with Crippen LogP contribution in [0.15, 0.2) is 18.2 Å². The van der Waals surface area contributed by atoms with Crippen LogP contribution < -0.4 is 10.2 Å². The smallest absolute Gasteiger partial charge is 0.0412 e. The third-order valence-electron chi connectivity index (χ3n) is 3.90. The second-order valence-corrected chi connectivity index (χ2v) is 7.01. The Kier molecular flexibility index (Phi) is 7.81. The van der Waals surface area contributed by atoms with Gasteiger partial charge in [-0.2, -0.15) is 0 Å². The highest BCUT2D eigenvalue weighted by molar-refractivity contribution is 5.55. The van der Waals surface area contributed by atoms with Crippen LogP contribution in [0.25, 0.3) is 0 Å². The van der Waals surface area contributed by atoms with Gasteiger partial charge in [0.15, 0.2) is 0 Å². The van der Waals surface area contributed by atoms with Crippen molar-refractivity contribution in [3.8, 4) is 0 Å². The van der Waals surface area contributed by atoms with E-state index in [2.05, 4.69) is 63.0 Å². The Hall–Kier alpha value is -1.02. The molecule has 0 radical (unpaired) electrons. The van der Waals surface area contributed by atoms with Crippen LogP contribution >= 0.6 is 0 Å². The van der Waals surface area contributed by atoms with E-state index in [1.807, 2.05) is 7.05 Å². The zero-order chi connectivity index (χ0) is 15.8. The molecule has 0 saturated carbocycles. The molecule has 0 aliphatic carbocycles. The second-order valence-electron chi connectivity index (χ2n) is 7.01. The summed E-state index contributed by atoms with van der Waals surface area (Å²) in [7, 11) is 2.03. The number of anilines is 1. The van der Waals surface area contributed by atoms with Crippen molar-refractivity contribution in [2.45, 2.75) is 54.0 Å². The first-order valence-electron chi connectivity index (χ1n) is 8.43. The summed E-state index contributed by atoms with van der Waals surface area (Å²) in [5, 5.41) is 3.31. The first kappa shape index (κ1) is 18.0. The van der Waals surface area contributed by atoms with Crippen LogP contribution in [0.3, 0.4) is 0 Å². The van der Waals surface area contributed by atoms with Crippen molar-refractivity contribution in [1.29, 1.82) is 0 Å². The Morgan fingerprint density at radius 1 is 1.00 bits per heavy atom. The molecule has 1 aromatic rings. The van der Waals surface area contributed by atoms with Gasteiger partial charge in [0, 0.05) is 25.3 Å². The maximum Gasteiger partial charge on any atom is 0.0412 e. The van der Waals surface area contributed by atoms with Gasteiger partial charge < -0.3 is 10.2 Å². The third kappa shape index (κ3) is 6.52. The third-order valence-corrected chi connectivity index (χ3v) is 3.90. The van der Waals surface area contributed by atoms with Crippen LogP contribution in [-0.2, 0) is 6.54 Å². The molecule has 1 rings (SSSR count). The molecule has 0 aromatic heterocycles. The lowest BCUT2D eigenvalue weighted by atomic mass is 10.0. The summed E-state index contributed by atoms with van der Waals surface area (Å²) in [4.78, 5) is 2.59. The van der Waals surface area contributed by atoms with Crippen LogP contribution in [0.4, 0.5) is 5.69 Å². The maximum atomic E-state index is 3.31. The first-order valence-corrected chi connectivity index (χ1v) is 8.43. The molecule has 0 fully saturated rings. The first-order chi connectivity index (χ1) is 9.93. The van der Waals surface area contributed by atoms with E-state index in [9.17, 15) is 0 Å². The molecule has 21 heavy (non-hydrogen) atoms. The fraction of sp³-hybridized carbons (Fsp3) is 0.684. The van der Waals surface area contributed by atoms with E-state index in [1.165, 1.54) is 29.7 Å². The fourth-order valence-corrected chi connectivity index (χ4v) is 2.54. The van der Waals surface area contributed by atoms with E-state index >= 15 is 0 Å². The van der Waals surface area contributed by atoms with Gasteiger partial charge in [-0.3, -0.25) is 0 Å². The lowest BCUT2D eigenvalue weighted by molar-refractivity contribution is 0.534. The molecule has 1 N–H and O–H groups in total. The zero-order valence-electron chi connectivity index (χ0n) is 14.9. The van der Waals surface area contributed by atoms with Gasteiger partial charge in [0.2, 0.25) is 0 Å². The topological polar surface area (TPSA) is 15.3 Å². The summed E-state index contributed by atoms with van der Waals surface area (Å²) in [5.41, 5.74) is 4.18. The molecule has 0 spiro atoms. The van der Waals surface area contributed by atoms with Crippen molar-refractivity contribution in [1.82, 2.24) is 5.32 Å². The van der Waals surface area contributed by atoms with Crippen molar-refractivity contribution >= 4 is 5.69 Å². The minimum absolute atomic E-state index is 0.754. The Labute approximate surface area is 131 Å². The number of rotatable bonds is 9. The lowest BCUT2D eigenvalue weighted by Gasteiger charge is -2.29. The Bertz CT molecular complexity index is 398. The molecule has 0 unspecified atom stereocenters. The van der Waals surface area contributed by atoms with Gasteiger partial charge in [-0.1, -0.05) is 45.4 Å². The molecule has 0 saturated heterocycles. The van der Waals surface area contributed by atoms with E-state index < -0.39 is 0 Å². The van der Waals surface area contributed by atoms with Gasteiger partial charge in [-0.05, 0) is 50.3 Å². The summed E-state index contributed by atoms with van der Waals surface area (Å²) in [6, 6.07) is 6.87. The molecule has 0 heterocycles. The molecule has 2 heteroatoms. The predicted molar refractivity (Wildman–Crippen MR) is 95.1 cm³/mol. The summed E-state index contributed by atoms with van der Waals surface area (Å²) < 4.78 is 0. The van der Waals surface area contributed by atoms with E-state index in [0.29, 0.717) is 0 Å². The highest BCUT2D eigenvalue weighted by atomic mass is 15.1. The van der Waals surface area contributed by atoms with Crippen molar-refractivity contribution in [2.24, 2.45) is 11.8 Å². The van der Waals surface area contributed by atoms with Gasteiger partial charge >= 0.3 is 0 Å². The lowest BCUT2D eigenvalue weighted by Crippen LogP contribution is -2.29. The van der Waals surface area contributed by atoms with E-state index in [4.69, 9.17) is 0 Å². The van der Waals surface area contributed by atoms with E-state index in [0.717, 1.165) is 31.5 Å². The summed E-state index contributed by atoms with van der Waals surface area (Å²) >= 11 is 0. The van der Waals surface area contributed by atoms with Crippen molar-refractivity contribution in [2.75, 3.05) is 25.0 Å². The molecule has 0 amide bonds. The highest BCUT2D eigenvalue weighted by Crippen LogP contribution is 2.24. The molecule has 0 aliphatic rings. The van der Waals surface area contributed by atoms with Crippen molar-refractivity contribution in [3.05, 3.63) is 29.3 Å². The Morgan fingerprint density at radius 2 is 1.57 bits per heavy atom. The average molecular weight is 290 g/mol. The molecular formula is C19H34N2. The minimum atomic E-state index is 0.754. The number of benzene rings is 1. The largest absolute Gasteiger partial charge is 0.371 e. The normalized spacial score (nSPS) is 11.4. The minimum Gasteiger partial charge on any atom is -0.371 e. The summed E-state index contributed by atoms with van der Waals surface area (Å²) in [6.45, 7) is 14.7. The standard InChI is InChI=1S/C19H34N2/c1-15(2)9-11-21(12-10-16(3)4)19-8-7-17(5)13-18(19)14-20-6/h7-8,13,15-16,20H,9-12,14H2,1-6H3.